The molecule has 0 saturated heterocycles. The largest absolute Gasteiger partial charge is 0.497 e. The molecule has 1 unspecified atom stereocenters. The first-order valence-corrected chi connectivity index (χ1v) is 5.97. The lowest BCUT2D eigenvalue weighted by molar-refractivity contribution is -0.146. The minimum Gasteiger partial charge on any atom is -0.497 e. The fourth-order valence-electron chi connectivity index (χ4n) is 1.53. The first-order valence-electron chi connectivity index (χ1n) is 5.97. The number of carboxylic acid groups (broad SMARTS) is 1. The van der Waals surface area contributed by atoms with E-state index in [1.54, 1.807) is 38.3 Å². The Bertz CT molecular complexity index is 482. The second-order valence-corrected chi connectivity index (χ2v) is 4.92. The number of hydrogen-bond acceptors (Lipinski definition) is 3. The molecular weight excluding hydrogens is 246 g/mol. The summed E-state index contributed by atoms with van der Waals surface area (Å²) in [5.41, 5.74) is -0.512. The molecule has 0 saturated carbocycles. The molecule has 1 aromatic carbocycles. The summed E-state index contributed by atoms with van der Waals surface area (Å²) in [6.45, 7) is 4.62. The van der Waals surface area contributed by atoms with Crippen molar-refractivity contribution in [3.8, 4) is 5.75 Å². The maximum atomic E-state index is 12.0. The number of hydrogen-bond donors (Lipinski definition) is 2. The van der Waals surface area contributed by atoms with E-state index < -0.39 is 17.4 Å². The Morgan fingerprint density at radius 2 is 2.00 bits per heavy atom. The minimum absolute atomic E-state index is 0.333. The summed E-state index contributed by atoms with van der Waals surface area (Å²) in [4.78, 5) is 23.0. The first-order chi connectivity index (χ1) is 8.77. The highest BCUT2D eigenvalue weighted by atomic mass is 16.5. The number of methoxy groups -OCH3 is 1. The van der Waals surface area contributed by atoms with Crippen LogP contribution in [-0.2, 0) is 9.59 Å². The van der Waals surface area contributed by atoms with Gasteiger partial charge in [-0.2, -0.15) is 0 Å². The molecule has 1 aromatic rings. The number of rotatable bonds is 5. The molecular formula is C14H19NO4. The molecule has 104 valence electrons. The fraction of sp³-hybridized carbons (Fsp3) is 0.429. The van der Waals surface area contributed by atoms with E-state index in [-0.39, 0.29) is 5.91 Å². The van der Waals surface area contributed by atoms with Crippen LogP contribution >= 0.6 is 0 Å². The second kappa shape index (κ2) is 5.73. The van der Waals surface area contributed by atoms with Gasteiger partial charge in [0, 0.05) is 0 Å². The summed E-state index contributed by atoms with van der Waals surface area (Å²) in [6.07, 6.45) is 0. The molecule has 2 N–H and O–H groups in total. The Balaban J connectivity index is 2.85. The van der Waals surface area contributed by atoms with Crippen LogP contribution in [0, 0.1) is 0 Å². The molecule has 19 heavy (non-hydrogen) atoms. The van der Waals surface area contributed by atoms with Gasteiger partial charge in [0.2, 0.25) is 5.91 Å². The van der Waals surface area contributed by atoms with E-state index in [4.69, 9.17) is 9.84 Å². The minimum atomic E-state index is -1.29. The molecule has 0 aliphatic carbocycles. The topological polar surface area (TPSA) is 75.6 Å². The van der Waals surface area contributed by atoms with Gasteiger partial charge in [0.1, 0.15) is 11.3 Å². The number of ether oxygens (including phenoxy) is 1. The molecule has 0 fully saturated rings. The summed E-state index contributed by atoms with van der Waals surface area (Å²) < 4.78 is 5.10. The van der Waals surface area contributed by atoms with Crippen molar-refractivity contribution in [2.24, 2.45) is 0 Å². The third kappa shape index (κ3) is 3.71. The quantitative estimate of drug-likeness (QED) is 0.851. The predicted molar refractivity (Wildman–Crippen MR) is 71.3 cm³/mol. The lowest BCUT2D eigenvalue weighted by atomic mass is 9.97. The van der Waals surface area contributed by atoms with Crippen molar-refractivity contribution in [2.75, 3.05) is 7.11 Å². The van der Waals surface area contributed by atoms with Crippen molar-refractivity contribution in [1.82, 2.24) is 5.32 Å². The van der Waals surface area contributed by atoms with Gasteiger partial charge in [-0.3, -0.25) is 4.79 Å². The molecule has 0 spiro atoms. The zero-order valence-corrected chi connectivity index (χ0v) is 11.6. The number of amides is 1. The van der Waals surface area contributed by atoms with Gasteiger partial charge in [-0.15, -0.1) is 0 Å². The van der Waals surface area contributed by atoms with E-state index in [1.807, 2.05) is 0 Å². The monoisotopic (exact) mass is 265 g/mol. The highest BCUT2D eigenvalue weighted by Gasteiger charge is 2.31. The Labute approximate surface area is 112 Å². The lowest BCUT2D eigenvalue weighted by Crippen LogP contribution is -2.50. The average molecular weight is 265 g/mol. The second-order valence-electron chi connectivity index (χ2n) is 4.92. The van der Waals surface area contributed by atoms with Crippen molar-refractivity contribution >= 4 is 11.9 Å². The maximum Gasteiger partial charge on any atom is 0.328 e. The van der Waals surface area contributed by atoms with Gasteiger partial charge >= 0.3 is 5.97 Å². The van der Waals surface area contributed by atoms with Gasteiger partial charge in [-0.1, -0.05) is 12.1 Å². The van der Waals surface area contributed by atoms with Crippen LogP contribution < -0.4 is 10.1 Å². The van der Waals surface area contributed by atoms with E-state index >= 15 is 0 Å². The van der Waals surface area contributed by atoms with Gasteiger partial charge in [0.15, 0.2) is 0 Å². The van der Waals surface area contributed by atoms with Crippen molar-refractivity contribution in [2.45, 2.75) is 32.2 Å². The Hall–Kier alpha value is -2.04. The number of carboxylic acids is 1. The number of aliphatic carboxylic acids is 1. The van der Waals surface area contributed by atoms with Crippen molar-refractivity contribution in [1.29, 1.82) is 0 Å². The van der Waals surface area contributed by atoms with Crippen molar-refractivity contribution < 1.29 is 19.4 Å². The normalized spacial score (nSPS) is 12.6. The van der Waals surface area contributed by atoms with Crippen LogP contribution in [0.3, 0.4) is 0 Å². The highest BCUT2D eigenvalue weighted by molar-refractivity contribution is 5.89. The van der Waals surface area contributed by atoms with Crippen LogP contribution in [0.2, 0.25) is 0 Å². The van der Waals surface area contributed by atoms with Crippen molar-refractivity contribution in [3.63, 3.8) is 0 Å². The summed E-state index contributed by atoms with van der Waals surface area (Å²) in [7, 11) is 1.55. The van der Waals surface area contributed by atoms with Gasteiger partial charge in [-0.05, 0) is 38.5 Å². The van der Waals surface area contributed by atoms with Crippen LogP contribution in [0.1, 0.15) is 32.3 Å². The standard InChI is InChI=1S/C14H19NO4/c1-9(10-6-5-7-11(8-10)19-4)12(16)15-14(2,3)13(17)18/h5-9H,1-4H3,(H,15,16)(H,17,18). The summed E-state index contributed by atoms with van der Waals surface area (Å²) in [5.74, 6) is -1.19. The molecule has 1 amide bonds. The number of carbonyl (C=O) groups excluding carboxylic acids is 1. The fourth-order valence-corrected chi connectivity index (χ4v) is 1.53. The molecule has 1 atom stereocenters. The van der Waals surface area contributed by atoms with E-state index in [2.05, 4.69) is 5.32 Å². The molecule has 5 heteroatoms. The van der Waals surface area contributed by atoms with Crippen LogP contribution in [0.15, 0.2) is 24.3 Å². The van der Waals surface area contributed by atoms with Crippen LogP contribution in [0.4, 0.5) is 0 Å². The molecule has 0 aliphatic rings. The van der Waals surface area contributed by atoms with Gasteiger partial charge in [0.05, 0.1) is 13.0 Å². The predicted octanol–water partition coefficient (Wildman–Crippen LogP) is 1.78. The van der Waals surface area contributed by atoms with E-state index in [9.17, 15) is 9.59 Å². The summed E-state index contributed by atoms with van der Waals surface area (Å²) in [6, 6.07) is 7.15. The number of benzene rings is 1. The van der Waals surface area contributed by atoms with Crippen LogP contribution in [0.5, 0.6) is 5.75 Å². The maximum absolute atomic E-state index is 12.0. The third-order valence-electron chi connectivity index (χ3n) is 2.96. The molecule has 5 nitrogen and oxygen atoms in total. The molecule has 0 heterocycles. The summed E-state index contributed by atoms with van der Waals surface area (Å²) >= 11 is 0. The Kier molecular flexibility index (Phi) is 4.53. The average Bonchev–Trinajstić information content (AvgIpc) is 2.37. The molecule has 0 radical (unpaired) electrons. The van der Waals surface area contributed by atoms with Crippen LogP contribution in [-0.4, -0.2) is 29.6 Å². The van der Waals surface area contributed by atoms with Crippen molar-refractivity contribution in [3.05, 3.63) is 29.8 Å². The van der Waals surface area contributed by atoms with E-state index in [0.717, 1.165) is 5.56 Å². The Morgan fingerprint density at radius 3 is 2.53 bits per heavy atom. The molecule has 0 bridgehead atoms. The van der Waals surface area contributed by atoms with Gasteiger partial charge in [-0.25, -0.2) is 4.79 Å². The first kappa shape index (κ1) is 15.0. The lowest BCUT2D eigenvalue weighted by Gasteiger charge is -2.23. The van der Waals surface area contributed by atoms with E-state index in [1.165, 1.54) is 13.8 Å². The highest BCUT2D eigenvalue weighted by Crippen LogP contribution is 2.21. The SMILES string of the molecule is COc1cccc(C(C)C(=O)NC(C)(C)C(=O)O)c1. The van der Waals surface area contributed by atoms with Gasteiger partial charge < -0.3 is 15.2 Å². The Morgan fingerprint density at radius 1 is 1.37 bits per heavy atom. The number of nitrogens with one attached hydrogen (secondary N) is 1. The van der Waals surface area contributed by atoms with Crippen LogP contribution in [0.25, 0.3) is 0 Å². The third-order valence-corrected chi connectivity index (χ3v) is 2.96. The van der Waals surface area contributed by atoms with E-state index in [0.29, 0.717) is 5.75 Å². The van der Waals surface area contributed by atoms with Gasteiger partial charge in [0.25, 0.3) is 0 Å². The zero-order chi connectivity index (χ0) is 14.6. The molecule has 1 rings (SSSR count). The molecule has 0 aliphatic heterocycles. The zero-order valence-electron chi connectivity index (χ0n) is 11.6. The smallest absolute Gasteiger partial charge is 0.328 e. The number of carbonyl (C=O) groups is 2. The molecule has 0 aromatic heterocycles. The summed E-state index contributed by atoms with van der Waals surface area (Å²) in [5, 5.41) is 11.5.